The lowest BCUT2D eigenvalue weighted by molar-refractivity contribution is -0.124. The highest BCUT2D eigenvalue weighted by molar-refractivity contribution is 5.93. The van der Waals surface area contributed by atoms with Crippen molar-refractivity contribution in [3.05, 3.63) is 0 Å². The Balaban J connectivity index is 2.14. The summed E-state index contributed by atoms with van der Waals surface area (Å²) in [5.41, 5.74) is 0.213. The van der Waals surface area contributed by atoms with Crippen molar-refractivity contribution in [2.75, 3.05) is 0 Å². The minimum atomic E-state index is 0.213. The van der Waals surface area contributed by atoms with E-state index in [2.05, 4.69) is 6.92 Å². The van der Waals surface area contributed by atoms with Crippen molar-refractivity contribution in [1.29, 1.82) is 0 Å². The van der Waals surface area contributed by atoms with E-state index >= 15 is 0 Å². The van der Waals surface area contributed by atoms with E-state index in [9.17, 15) is 4.79 Å². The van der Waals surface area contributed by atoms with Gasteiger partial charge in [0.25, 0.3) is 0 Å². The molecule has 0 radical (unpaired) electrons. The smallest absolute Gasteiger partial charge is 0.139 e. The Morgan fingerprint density at radius 1 is 1.67 bits per heavy atom. The summed E-state index contributed by atoms with van der Waals surface area (Å²) < 4.78 is 0. The lowest BCUT2D eigenvalue weighted by Gasteiger charge is -2.23. The zero-order chi connectivity index (χ0) is 6.22. The molecule has 3 rings (SSSR count). The third-order valence-electron chi connectivity index (χ3n) is 3.90. The van der Waals surface area contributed by atoms with E-state index in [1.165, 1.54) is 6.42 Å². The number of hydrogen-bond donors (Lipinski definition) is 0. The van der Waals surface area contributed by atoms with Crippen molar-refractivity contribution in [2.45, 2.75) is 19.8 Å². The van der Waals surface area contributed by atoms with Gasteiger partial charge in [0.1, 0.15) is 5.78 Å². The molecule has 0 saturated heterocycles. The van der Waals surface area contributed by atoms with Crippen molar-refractivity contribution in [1.82, 2.24) is 0 Å². The van der Waals surface area contributed by atoms with Crippen LogP contribution in [0.1, 0.15) is 19.8 Å². The Kier molecular flexibility index (Phi) is 0.439. The minimum Gasteiger partial charge on any atom is -0.299 e. The van der Waals surface area contributed by atoms with Crippen molar-refractivity contribution in [2.24, 2.45) is 23.2 Å². The number of hydrogen-bond acceptors (Lipinski definition) is 1. The van der Waals surface area contributed by atoms with Crippen LogP contribution in [0.5, 0.6) is 0 Å². The number of carbonyl (C=O) groups excluding carboxylic acids is 1. The van der Waals surface area contributed by atoms with Gasteiger partial charge in [0.2, 0.25) is 0 Å². The largest absolute Gasteiger partial charge is 0.299 e. The van der Waals surface area contributed by atoms with Crippen LogP contribution in [0, 0.1) is 23.2 Å². The predicted molar refractivity (Wildman–Crippen MR) is 32.8 cm³/mol. The number of Topliss-reactive ketones (excluding diaryl/α,β-unsaturated/α-hetero) is 1. The molecule has 0 aromatic carbocycles. The van der Waals surface area contributed by atoms with Crippen LogP contribution < -0.4 is 0 Å². The molecule has 3 fully saturated rings. The summed E-state index contributed by atoms with van der Waals surface area (Å²) in [4.78, 5) is 11.2. The SMILES string of the molecule is CC12C(=O)CC3CC1C32. The summed E-state index contributed by atoms with van der Waals surface area (Å²) in [5.74, 6) is 3.08. The van der Waals surface area contributed by atoms with Crippen LogP contribution in [-0.4, -0.2) is 5.78 Å². The van der Waals surface area contributed by atoms with E-state index in [1.54, 1.807) is 0 Å². The molecular weight excluding hydrogens is 112 g/mol. The van der Waals surface area contributed by atoms with E-state index in [0.717, 1.165) is 24.2 Å². The molecule has 3 aliphatic rings. The quantitative estimate of drug-likeness (QED) is 0.472. The summed E-state index contributed by atoms with van der Waals surface area (Å²) in [7, 11) is 0. The van der Waals surface area contributed by atoms with Crippen molar-refractivity contribution >= 4 is 5.78 Å². The summed E-state index contributed by atoms with van der Waals surface area (Å²) in [6.07, 6.45) is 2.28. The molecule has 9 heavy (non-hydrogen) atoms. The fourth-order valence-corrected chi connectivity index (χ4v) is 3.19. The zero-order valence-corrected chi connectivity index (χ0v) is 5.55. The lowest BCUT2D eigenvalue weighted by atomic mass is 9.81. The van der Waals surface area contributed by atoms with Gasteiger partial charge >= 0.3 is 0 Å². The molecule has 0 N–H and O–H groups in total. The first kappa shape index (κ1) is 4.48. The van der Waals surface area contributed by atoms with Gasteiger partial charge in [-0.3, -0.25) is 4.79 Å². The van der Waals surface area contributed by atoms with Crippen LogP contribution in [-0.2, 0) is 4.79 Å². The standard InChI is InChI=1S/C8H10O/c1-8-5-2-4(7(5)8)3-6(8)9/h4-5,7H,2-3H2,1H3. The third-order valence-corrected chi connectivity index (χ3v) is 3.90. The second kappa shape index (κ2) is 0.882. The molecule has 4 unspecified atom stereocenters. The van der Waals surface area contributed by atoms with Crippen molar-refractivity contribution < 1.29 is 4.79 Å². The maximum atomic E-state index is 11.2. The Labute approximate surface area is 54.4 Å². The van der Waals surface area contributed by atoms with Gasteiger partial charge in [-0.1, -0.05) is 6.92 Å². The predicted octanol–water partition coefficient (Wildman–Crippen LogP) is 1.23. The summed E-state index contributed by atoms with van der Waals surface area (Å²) in [6.45, 7) is 2.16. The first-order chi connectivity index (χ1) is 4.24. The molecule has 1 heteroatoms. The third kappa shape index (κ3) is 0.246. The Morgan fingerprint density at radius 3 is 2.67 bits per heavy atom. The molecule has 1 nitrogen and oxygen atoms in total. The molecule has 0 bridgehead atoms. The van der Waals surface area contributed by atoms with Gasteiger partial charge in [-0.2, -0.15) is 0 Å². The minimum absolute atomic E-state index is 0.213. The van der Waals surface area contributed by atoms with Crippen molar-refractivity contribution in [3.63, 3.8) is 0 Å². The average Bonchev–Trinajstić information content (AvgIpc) is 2.14. The van der Waals surface area contributed by atoms with Crippen LogP contribution in [0.15, 0.2) is 0 Å². The molecule has 3 aliphatic carbocycles. The number of carbonyl (C=O) groups is 1. The average molecular weight is 122 g/mol. The van der Waals surface area contributed by atoms with Crippen LogP contribution in [0.25, 0.3) is 0 Å². The molecule has 48 valence electrons. The maximum Gasteiger partial charge on any atom is 0.139 e. The first-order valence-corrected chi connectivity index (χ1v) is 3.78. The second-order valence-electron chi connectivity index (χ2n) is 4.04. The van der Waals surface area contributed by atoms with Crippen LogP contribution >= 0.6 is 0 Å². The summed E-state index contributed by atoms with van der Waals surface area (Å²) >= 11 is 0. The van der Waals surface area contributed by atoms with Gasteiger partial charge in [0.15, 0.2) is 0 Å². The zero-order valence-electron chi connectivity index (χ0n) is 5.55. The number of ketones is 1. The monoisotopic (exact) mass is 122 g/mol. The van der Waals surface area contributed by atoms with Crippen molar-refractivity contribution in [3.8, 4) is 0 Å². The lowest BCUT2D eigenvalue weighted by Crippen LogP contribution is -2.21. The molecule has 0 aromatic rings. The molecule has 0 amide bonds. The molecule has 0 aromatic heterocycles. The van der Waals surface area contributed by atoms with E-state index in [1.807, 2.05) is 0 Å². The normalized spacial score (nSPS) is 67.2. The summed E-state index contributed by atoms with van der Waals surface area (Å²) in [5, 5.41) is 0. The second-order valence-corrected chi connectivity index (χ2v) is 4.04. The highest BCUT2D eigenvalue weighted by Crippen LogP contribution is 2.79. The fraction of sp³-hybridized carbons (Fsp3) is 0.875. The van der Waals surface area contributed by atoms with Gasteiger partial charge in [-0.15, -0.1) is 0 Å². The van der Waals surface area contributed by atoms with Crippen LogP contribution in [0.3, 0.4) is 0 Å². The molecule has 0 aliphatic heterocycles. The van der Waals surface area contributed by atoms with Gasteiger partial charge in [0.05, 0.1) is 0 Å². The van der Waals surface area contributed by atoms with Gasteiger partial charge in [-0.25, -0.2) is 0 Å². The van der Waals surface area contributed by atoms with E-state index in [0.29, 0.717) is 5.78 Å². The molecule has 0 heterocycles. The highest BCUT2D eigenvalue weighted by Gasteiger charge is 2.78. The first-order valence-electron chi connectivity index (χ1n) is 3.78. The Hall–Kier alpha value is -0.330. The maximum absolute atomic E-state index is 11.2. The van der Waals surface area contributed by atoms with Crippen LogP contribution in [0.2, 0.25) is 0 Å². The number of fused-ring (bicyclic) bond motifs is 1. The molecular formula is C8H10O. The molecule has 3 saturated carbocycles. The molecule has 0 spiro atoms. The number of rotatable bonds is 0. The topological polar surface area (TPSA) is 17.1 Å². The van der Waals surface area contributed by atoms with E-state index in [-0.39, 0.29) is 5.41 Å². The van der Waals surface area contributed by atoms with E-state index in [4.69, 9.17) is 0 Å². The Morgan fingerprint density at radius 2 is 2.44 bits per heavy atom. The highest BCUT2D eigenvalue weighted by atomic mass is 16.1. The van der Waals surface area contributed by atoms with Gasteiger partial charge in [0, 0.05) is 11.8 Å². The van der Waals surface area contributed by atoms with Crippen LogP contribution in [0.4, 0.5) is 0 Å². The summed E-state index contributed by atoms with van der Waals surface area (Å²) in [6, 6.07) is 0. The van der Waals surface area contributed by atoms with Gasteiger partial charge < -0.3 is 0 Å². The fourth-order valence-electron chi connectivity index (χ4n) is 3.19. The van der Waals surface area contributed by atoms with E-state index < -0.39 is 0 Å². The molecule has 4 atom stereocenters. The Bertz CT molecular complexity index is 205. The van der Waals surface area contributed by atoms with Gasteiger partial charge in [-0.05, 0) is 24.2 Å².